The van der Waals surface area contributed by atoms with Crippen molar-refractivity contribution in [3.63, 3.8) is 0 Å². The summed E-state index contributed by atoms with van der Waals surface area (Å²) in [5, 5.41) is 7.79. The molecule has 2 N–H and O–H groups in total. The van der Waals surface area contributed by atoms with Crippen LogP contribution in [-0.2, 0) is 12.3 Å². The summed E-state index contributed by atoms with van der Waals surface area (Å²) < 4.78 is 0. The molecule has 0 aromatic carbocycles. The number of aromatic amines is 1. The minimum absolute atomic E-state index is 0.961. The van der Waals surface area contributed by atoms with Gasteiger partial charge in [-0.25, -0.2) is 0 Å². The molecule has 2 heterocycles. The molecule has 0 radical (unpaired) electrons. The van der Waals surface area contributed by atoms with Crippen LogP contribution < -0.4 is 5.32 Å². The SMILES string of the molecule is c1cc(CNCCSCc2ccsc2)c[nH]1. The molecule has 0 saturated carbocycles. The van der Waals surface area contributed by atoms with Gasteiger partial charge in [0.05, 0.1) is 0 Å². The van der Waals surface area contributed by atoms with Gasteiger partial charge in [-0.1, -0.05) is 0 Å². The second kappa shape index (κ2) is 6.78. The highest BCUT2D eigenvalue weighted by molar-refractivity contribution is 7.98. The summed E-state index contributed by atoms with van der Waals surface area (Å²) in [7, 11) is 0. The number of thioether (sulfide) groups is 1. The molecule has 0 fully saturated rings. The summed E-state index contributed by atoms with van der Waals surface area (Å²) in [5.41, 5.74) is 2.77. The predicted molar refractivity (Wildman–Crippen MR) is 73.0 cm³/mol. The molecule has 2 aromatic heterocycles. The molecule has 4 heteroatoms. The Morgan fingerprint density at radius 3 is 3.06 bits per heavy atom. The quantitative estimate of drug-likeness (QED) is 0.741. The van der Waals surface area contributed by atoms with Crippen molar-refractivity contribution < 1.29 is 0 Å². The fraction of sp³-hybridized carbons (Fsp3) is 0.333. The summed E-state index contributed by atoms with van der Waals surface area (Å²) in [5.74, 6) is 2.30. The van der Waals surface area contributed by atoms with E-state index in [4.69, 9.17) is 0 Å². The third kappa shape index (κ3) is 4.04. The topological polar surface area (TPSA) is 27.8 Å². The third-order valence-corrected chi connectivity index (χ3v) is 4.03. The van der Waals surface area contributed by atoms with Gasteiger partial charge in [0.25, 0.3) is 0 Å². The molecule has 16 heavy (non-hydrogen) atoms. The molecule has 0 amide bonds. The molecule has 2 nitrogen and oxygen atoms in total. The lowest BCUT2D eigenvalue weighted by molar-refractivity contribution is 0.732. The molecule has 0 atom stereocenters. The average Bonchev–Trinajstić information content (AvgIpc) is 2.96. The summed E-state index contributed by atoms with van der Waals surface area (Å²) in [6, 6.07) is 4.30. The van der Waals surface area contributed by atoms with Gasteiger partial charge in [-0.15, -0.1) is 0 Å². The molecule has 86 valence electrons. The number of hydrogen-bond donors (Lipinski definition) is 2. The zero-order valence-corrected chi connectivity index (χ0v) is 10.7. The van der Waals surface area contributed by atoms with E-state index < -0.39 is 0 Å². The monoisotopic (exact) mass is 252 g/mol. The Morgan fingerprint density at radius 2 is 2.31 bits per heavy atom. The fourth-order valence-corrected chi connectivity index (χ4v) is 3.03. The van der Waals surface area contributed by atoms with Gasteiger partial charge in [-0.2, -0.15) is 23.1 Å². The highest BCUT2D eigenvalue weighted by Crippen LogP contribution is 2.14. The molecule has 0 unspecified atom stereocenters. The van der Waals surface area contributed by atoms with Crippen LogP contribution in [0.25, 0.3) is 0 Å². The van der Waals surface area contributed by atoms with Crippen molar-refractivity contribution in [2.24, 2.45) is 0 Å². The van der Waals surface area contributed by atoms with Gasteiger partial charge in [0.2, 0.25) is 0 Å². The summed E-state index contributed by atoms with van der Waals surface area (Å²) in [6.45, 7) is 2.03. The normalized spacial score (nSPS) is 10.8. The Balaban J connectivity index is 1.49. The lowest BCUT2D eigenvalue weighted by Crippen LogP contribution is -2.16. The maximum atomic E-state index is 3.43. The zero-order valence-electron chi connectivity index (χ0n) is 9.11. The van der Waals surface area contributed by atoms with E-state index in [1.165, 1.54) is 16.9 Å². The lowest BCUT2D eigenvalue weighted by atomic mass is 10.3. The van der Waals surface area contributed by atoms with Crippen LogP contribution in [0.1, 0.15) is 11.1 Å². The number of rotatable bonds is 7. The number of aromatic nitrogens is 1. The van der Waals surface area contributed by atoms with E-state index in [2.05, 4.69) is 33.2 Å². The standard InChI is InChI=1S/C12H16N2S2/c1-3-13-7-11(1)8-14-4-6-16-10-12-2-5-15-9-12/h1-3,5,7,9,13-14H,4,6,8,10H2. The molecule has 0 aliphatic carbocycles. The molecular weight excluding hydrogens is 236 g/mol. The lowest BCUT2D eigenvalue weighted by Gasteiger charge is -2.02. The van der Waals surface area contributed by atoms with Crippen molar-refractivity contribution in [1.82, 2.24) is 10.3 Å². The summed E-state index contributed by atoms with van der Waals surface area (Å²) >= 11 is 3.76. The van der Waals surface area contributed by atoms with Crippen molar-refractivity contribution in [3.05, 3.63) is 46.4 Å². The van der Waals surface area contributed by atoms with E-state index in [1.54, 1.807) is 11.3 Å². The minimum Gasteiger partial charge on any atom is -0.367 e. The van der Waals surface area contributed by atoms with Crippen LogP contribution in [0.5, 0.6) is 0 Å². The van der Waals surface area contributed by atoms with Crippen molar-refractivity contribution >= 4 is 23.1 Å². The van der Waals surface area contributed by atoms with E-state index >= 15 is 0 Å². The van der Waals surface area contributed by atoms with Gasteiger partial charge in [0.1, 0.15) is 0 Å². The zero-order chi connectivity index (χ0) is 11.1. The van der Waals surface area contributed by atoms with Crippen molar-refractivity contribution in [1.29, 1.82) is 0 Å². The van der Waals surface area contributed by atoms with E-state index in [0.29, 0.717) is 0 Å². The second-order valence-corrected chi connectivity index (χ2v) is 5.47. The van der Waals surface area contributed by atoms with Crippen LogP contribution in [0.2, 0.25) is 0 Å². The van der Waals surface area contributed by atoms with Crippen LogP contribution >= 0.6 is 23.1 Å². The van der Waals surface area contributed by atoms with Crippen LogP contribution in [-0.4, -0.2) is 17.3 Å². The molecular formula is C12H16N2S2. The number of H-pyrrole nitrogens is 1. The number of nitrogens with one attached hydrogen (secondary N) is 2. The molecule has 0 aliphatic rings. The molecule has 2 aromatic rings. The predicted octanol–water partition coefficient (Wildman–Crippen LogP) is 3.10. The Morgan fingerprint density at radius 1 is 1.31 bits per heavy atom. The molecule has 0 saturated heterocycles. The second-order valence-electron chi connectivity index (χ2n) is 3.58. The van der Waals surface area contributed by atoms with E-state index in [0.717, 1.165) is 18.8 Å². The van der Waals surface area contributed by atoms with E-state index in [9.17, 15) is 0 Å². The molecule has 0 aliphatic heterocycles. The largest absolute Gasteiger partial charge is 0.367 e. The Labute approximate surface area is 104 Å². The average molecular weight is 252 g/mol. The van der Waals surface area contributed by atoms with Crippen LogP contribution in [0.4, 0.5) is 0 Å². The van der Waals surface area contributed by atoms with Crippen LogP contribution in [0, 0.1) is 0 Å². The first-order chi connectivity index (χ1) is 7.95. The van der Waals surface area contributed by atoms with Crippen LogP contribution in [0.3, 0.4) is 0 Å². The smallest absolute Gasteiger partial charge is 0.0220 e. The summed E-state index contributed by atoms with van der Waals surface area (Å²) in [4.78, 5) is 3.06. The summed E-state index contributed by atoms with van der Waals surface area (Å²) in [6.07, 6.45) is 3.99. The fourth-order valence-electron chi connectivity index (χ4n) is 1.41. The van der Waals surface area contributed by atoms with Crippen LogP contribution in [0.15, 0.2) is 35.3 Å². The highest BCUT2D eigenvalue weighted by atomic mass is 32.2. The van der Waals surface area contributed by atoms with Gasteiger partial charge < -0.3 is 10.3 Å². The minimum atomic E-state index is 0.961. The molecule has 2 rings (SSSR count). The van der Waals surface area contributed by atoms with Gasteiger partial charge in [0, 0.05) is 37.0 Å². The van der Waals surface area contributed by atoms with E-state index in [1.807, 2.05) is 24.2 Å². The third-order valence-electron chi connectivity index (χ3n) is 2.26. The first-order valence-corrected chi connectivity index (χ1v) is 7.46. The highest BCUT2D eigenvalue weighted by Gasteiger charge is 1.94. The Hall–Kier alpha value is -0.710. The van der Waals surface area contributed by atoms with Gasteiger partial charge in [-0.3, -0.25) is 0 Å². The molecule has 0 bridgehead atoms. The van der Waals surface area contributed by atoms with Gasteiger partial charge >= 0.3 is 0 Å². The molecule has 0 spiro atoms. The van der Waals surface area contributed by atoms with Gasteiger partial charge in [0.15, 0.2) is 0 Å². The first-order valence-electron chi connectivity index (χ1n) is 5.36. The number of hydrogen-bond acceptors (Lipinski definition) is 3. The van der Waals surface area contributed by atoms with Crippen molar-refractivity contribution in [2.75, 3.05) is 12.3 Å². The maximum Gasteiger partial charge on any atom is 0.0220 e. The van der Waals surface area contributed by atoms with Crippen molar-refractivity contribution in [2.45, 2.75) is 12.3 Å². The Bertz CT molecular complexity index is 329. The number of thiophene rings is 1. The first kappa shape index (κ1) is 11.8. The Kier molecular flexibility index (Phi) is 4.99. The van der Waals surface area contributed by atoms with E-state index in [-0.39, 0.29) is 0 Å². The van der Waals surface area contributed by atoms with Crippen molar-refractivity contribution in [3.8, 4) is 0 Å². The maximum absolute atomic E-state index is 3.43. The van der Waals surface area contributed by atoms with Gasteiger partial charge in [-0.05, 0) is 34.0 Å².